The van der Waals surface area contributed by atoms with E-state index in [2.05, 4.69) is 29.3 Å². The van der Waals surface area contributed by atoms with E-state index in [4.69, 9.17) is 10.00 Å². The van der Waals surface area contributed by atoms with Gasteiger partial charge < -0.3 is 4.74 Å². The van der Waals surface area contributed by atoms with E-state index in [1.807, 2.05) is 29.5 Å². The molecule has 0 radical (unpaired) electrons. The molecule has 0 bridgehead atoms. The molecule has 0 saturated carbocycles. The fourth-order valence-electron chi connectivity index (χ4n) is 2.94. The minimum absolute atomic E-state index is 0.446. The summed E-state index contributed by atoms with van der Waals surface area (Å²) >= 11 is 1.87. The van der Waals surface area contributed by atoms with E-state index in [9.17, 15) is 0 Å². The van der Waals surface area contributed by atoms with Crippen LogP contribution in [-0.2, 0) is 13.0 Å². The van der Waals surface area contributed by atoms with Crippen LogP contribution >= 0.6 is 11.3 Å². The second-order valence-electron chi connectivity index (χ2n) is 5.34. The maximum absolute atomic E-state index is 9.05. The van der Waals surface area contributed by atoms with Gasteiger partial charge in [-0.25, -0.2) is 0 Å². The molecule has 2 aromatic rings. The topological polar surface area (TPSA) is 36.3 Å². The smallest absolute Gasteiger partial charge is 0.136 e. The van der Waals surface area contributed by atoms with E-state index in [1.54, 1.807) is 7.11 Å². The average molecular weight is 298 g/mol. The number of thiophene rings is 1. The van der Waals surface area contributed by atoms with Crippen molar-refractivity contribution in [3.05, 3.63) is 51.2 Å². The van der Waals surface area contributed by atoms with Crippen LogP contribution in [-0.4, -0.2) is 18.6 Å². The summed E-state index contributed by atoms with van der Waals surface area (Å²) in [5.74, 6) is 0.663. The number of benzene rings is 1. The molecule has 0 N–H and O–H groups in total. The van der Waals surface area contributed by atoms with Crippen LogP contribution in [0.5, 0.6) is 5.75 Å². The second kappa shape index (κ2) is 5.88. The molecule has 0 fully saturated rings. The first-order chi connectivity index (χ1) is 10.2. The molecule has 108 valence electrons. The van der Waals surface area contributed by atoms with Gasteiger partial charge in [0.15, 0.2) is 0 Å². The van der Waals surface area contributed by atoms with E-state index in [0.717, 1.165) is 19.5 Å². The number of fused-ring (bicyclic) bond motifs is 1. The van der Waals surface area contributed by atoms with E-state index in [-0.39, 0.29) is 0 Å². The first-order valence-corrected chi connectivity index (χ1v) is 7.98. The predicted molar refractivity (Wildman–Crippen MR) is 84.6 cm³/mol. The van der Waals surface area contributed by atoms with Crippen LogP contribution in [0.25, 0.3) is 0 Å². The fraction of sp³-hybridized carbons (Fsp3) is 0.353. The Morgan fingerprint density at radius 3 is 3.05 bits per heavy atom. The van der Waals surface area contributed by atoms with Crippen molar-refractivity contribution >= 4 is 11.3 Å². The Labute approximate surface area is 129 Å². The summed E-state index contributed by atoms with van der Waals surface area (Å²) in [5, 5.41) is 11.2. The Balaban J connectivity index is 1.80. The average Bonchev–Trinajstić information content (AvgIpc) is 2.99. The van der Waals surface area contributed by atoms with Gasteiger partial charge >= 0.3 is 0 Å². The number of hydrogen-bond acceptors (Lipinski definition) is 4. The van der Waals surface area contributed by atoms with Crippen molar-refractivity contribution in [1.82, 2.24) is 4.90 Å². The zero-order valence-electron chi connectivity index (χ0n) is 12.3. The SMILES string of the molecule is COc1cc(CN2CCc3sccc3C2C)ccc1C#N. The normalized spacial score (nSPS) is 18.0. The Hall–Kier alpha value is -1.83. The molecule has 1 atom stereocenters. The molecular weight excluding hydrogens is 280 g/mol. The lowest BCUT2D eigenvalue weighted by Gasteiger charge is -2.33. The van der Waals surface area contributed by atoms with Crippen LogP contribution in [0.4, 0.5) is 0 Å². The highest BCUT2D eigenvalue weighted by molar-refractivity contribution is 7.10. The number of rotatable bonds is 3. The summed E-state index contributed by atoms with van der Waals surface area (Å²) in [4.78, 5) is 4.01. The van der Waals surface area contributed by atoms with Gasteiger partial charge in [-0.15, -0.1) is 11.3 Å². The van der Waals surface area contributed by atoms with Crippen molar-refractivity contribution in [2.75, 3.05) is 13.7 Å². The van der Waals surface area contributed by atoms with Crippen LogP contribution in [0.3, 0.4) is 0 Å². The van der Waals surface area contributed by atoms with Crippen LogP contribution in [0.2, 0.25) is 0 Å². The van der Waals surface area contributed by atoms with Gasteiger partial charge in [0.05, 0.1) is 12.7 Å². The molecule has 2 heterocycles. The number of nitrogens with zero attached hydrogens (tertiary/aromatic N) is 2. The lowest BCUT2D eigenvalue weighted by molar-refractivity contribution is 0.191. The number of hydrogen-bond donors (Lipinski definition) is 0. The first-order valence-electron chi connectivity index (χ1n) is 7.10. The maximum atomic E-state index is 9.05. The molecule has 1 aliphatic heterocycles. The predicted octanol–water partition coefficient (Wildman–Crippen LogP) is 3.75. The molecule has 3 nitrogen and oxygen atoms in total. The quantitative estimate of drug-likeness (QED) is 0.866. The van der Waals surface area contributed by atoms with Gasteiger partial charge in [0.25, 0.3) is 0 Å². The van der Waals surface area contributed by atoms with E-state index in [0.29, 0.717) is 17.4 Å². The van der Waals surface area contributed by atoms with Crippen molar-refractivity contribution in [3.63, 3.8) is 0 Å². The highest BCUT2D eigenvalue weighted by Gasteiger charge is 2.24. The van der Waals surface area contributed by atoms with Crippen LogP contribution in [0.15, 0.2) is 29.6 Å². The zero-order chi connectivity index (χ0) is 14.8. The Kier molecular flexibility index (Phi) is 3.96. The van der Waals surface area contributed by atoms with Gasteiger partial charge in [0, 0.05) is 24.0 Å². The molecule has 1 aromatic heterocycles. The highest BCUT2D eigenvalue weighted by Crippen LogP contribution is 2.34. The van der Waals surface area contributed by atoms with E-state index >= 15 is 0 Å². The third-order valence-electron chi connectivity index (χ3n) is 4.18. The van der Waals surface area contributed by atoms with Crippen molar-refractivity contribution in [3.8, 4) is 11.8 Å². The largest absolute Gasteiger partial charge is 0.495 e. The Morgan fingerprint density at radius 2 is 2.29 bits per heavy atom. The molecule has 1 aromatic carbocycles. The zero-order valence-corrected chi connectivity index (χ0v) is 13.1. The molecule has 1 unspecified atom stereocenters. The summed E-state index contributed by atoms with van der Waals surface area (Å²) in [6, 6.07) is 10.7. The molecule has 0 aliphatic carbocycles. The van der Waals surface area contributed by atoms with E-state index in [1.165, 1.54) is 16.0 Å². The summed E-state index contributed by atoms with van der Waals surface area (Å²) in [7, 11) is 1.61. The molecule has 0 spiro atoms. The minimum Gasteiger partial charge on any atom is -0.495 e. The van der Waals surface area contributed by atoms with Gasteiger partial charge in [-0.3, -0.25) is 4.90 Å². The Bertz CT molecular complexity index is 686. The third kappa shape index (κ3) is 2.67. The molecule has 0 amide bonds. The number of nitriles is 1. The fourth-order valence-corrected chi connectivity index (χ4v) is 3.90. The highest BCUT2D eigenvalue weighted by atomic mass is 32.1. The van der Waals surface area contributed by atoms with Crippen molar-refractivity contribution in [2.45, 2.75) is 25.9 Å². The number of methoxy groups -OCH3 is 1. The molecular formula is C17H18N2OS. The van der Waals surface area contributed by atoms with Gasteiger partial charge in [0.2, 0.25) is 0 Å². The number of ether oxygens (including phenoxy) is 1. The third-order valence-corrected chi connectivity index (χ3v) is 5.17. The lowest BCUT2D eigenvalue weighted by atomic mass is 10.0. The van der Waals surface area contributed by atoms with E-state index < -0.39 is 0 Å². The van der Waals surface area contributed by atoms with Crippen molar-refractivity contribution in [2.24, 2.45) is 0 Å². The van der Waals surface area contributed by atoms with Crippen LogP contribution < -0.4 is 4.74 Å². The summed E-state index contributed by atoms with van der Waals surface area (Å²) in [6.45, 7) is 4.24. The Morgan fingerprint density at radius 1 is 1.43 bits per heavy atom. The monoisotopic (exact) mass is 298 g/mol. The molecule has 21 heavy (non-hydrogen) atoms. The van der Waals surface area contributed by atoms with Gasteiger partial charge in [-0.2, -0.15) is 5.26 Å². The van der Waals surface area contributed by atoms with Crippen molar-refractivity contribution in [1.29, 1.82) is 5.26 Å². The molecule has 0 saturated heterocycles. The summed E-state index contributed by atoms with van der Waals surface area (Å²) in [6.07, 6.45) is 1.13. The van der Waals surface area contributed by atoms with Gasteiger partial charge in [-0.05, 0) is 48.1 Å². The first kappa shape index (κ1) is 14.1. The molecule has 4 heteroatoms. The van der Waals surface area contributed by atoms with Crippen molar-refractivity contribution < 1.29 is 4.74 Å². The lowest BCUT2D eigenvalue weighted by Crippen LogP contribution is -2.32. The summed E-state index contributed by atoms with van der Waals surface area (Å²) in [5.41, 5.74) is 3.25. The summed E-state index contributed by atoms with van der Waals surface area (Å²) < 4.78 is 5.30. The molecule has 3 rings (SSSR count). The molecule has 1 aliphatic rings. The van der Waals surface area contributed by atoms with Crippen LogP contribution in [0, 0.1) is 11.3 Å². The standard InChI is InChI=1S/C17H18N2OS/c1-12-15-6-8-21-17(15)5-7-19(12)11-13-3-4-14(10-18)16(9-13)20-2/h3-4,6,8-9,12H,5,7,11H2,1-2H3. The van der Waals surface area contributed by atoms with Gasteiger partial charge in [0.1, 0.15) is 11.8 Å². The van der Waals surface area contributed by atoms with Gasteiger partial charge in [-0.1, -0.05) is 6.07 Å². The second-order valence-corrected chi connectivity index (χ2v) is 6.34. The minimum atomic E-state index is 0.446. The van der Waals surface area contributed by atoms with Crippen LogP contribution in [0.1, 0.15) is 34.5 Å². The maximum Gasteiger partial charge on any atom is 0.136 e.